The molecule has 1 N–H and O–H groups in total. The third-order valence-corrected chi connectivity index (χ3v) is 3.10. The summed E-state index contributed by atoms with van der Waals surface area (Å²) in [6.07, 6.45) is 4.21. The van der Waals surface area contributed by atoms with E-state index in [1.54, 1.807) is 6.26 Å². The molecule has 15 heavy (non-hydrogen) atoms. The molecular formula is C12H20N2O. The second-order valence-electron chi connectivity index (χ2n) is 4.29. The first kappa shape index (κ1) is 10.7. The maximum Gasteiger partial charge on any atom is 0.117 e. The fourth-order valence-electron chi connectivity index (χ4n) is 2.08. The number of rotatable bonds is 2. The topological polar surface area (TPSA) is 28.4 Å². The Morgan fingerprint density at radius 3 is 3.27 bits per heavy atom. The van der Waals surface area contributed by atoms with E-state index < -0.39 is 0 Å². The largest absolute Gasteiger partial charge is 0.468 e. The van der Waals surface area contributed by atoms with Crippen LogP contribution in [-0.2, 0) is 6.54 Å². The Bertz CT molecular complexity index is 271. The van der Waals surface area contributed by atoms with E-state index in [4.69, 9.17) is 4.42 Å². The summed E-state index contributed by atoms with van der Waals surface area (Å²) in [6.45, 7) is 6.69. The molecule has 1 aliphatic rings. The fourth-order valence-corrected chi connectivity index (χ4v) is 2.08. The third-order valence-electron chi connectivity index (χ3n) is 3.10. The lowest BCUT2D eigenvalue weighted by Gasteiger charge is -2.30. The van der Waals surface area contributed by atoms with Crippen molar-refractivity contribution in [2.75, 3.05) is 19.6 Å². The van der Waals surface area contributed by atoms with Crippen LogP contribution in [-0.4, -0.2) is 30.6 Å². The molecule has 1 fully saturated rings. The molecule has 1 unspecified atom stereocenters. The zero-order chi connectivity index (χ0) is 10.5. The van der Waals surface area contributed by atoms with E-state index >= 15 is 0 Å². The van der Waals surface area contributed by atoms with Crippen molar-refractivity contribution >= 4 is 0 Å². The highest BCUT2D eigenvalue weighted by molar-refractivity contribution is 4.98. The lowest BCUT2D eigenvalue weighted by molar-refractivity contribution is 0.165. The molecule has 0 radical (unpaired) electrons. The molecule has 1 aromatic heterocycles. The van der Waals surface area contributed by atoms with Gasteiger partial charge < -0.3 is 9.73 Å². The first-order valence-corrected chi connectivity index (χ1v) is 5.83. The first-order valence-electron chi connectivity index (χ1n) is 5.83. The number of nitrogens with zero attached hydrogens (tertiary/aromatic N) is 1. The van der Waals surface area contributed by atoms with Gasteiger partial charge in [-0.05, 0) is 45.0 Å². The van der Waals surface area contributed by atoms with Crippen molar-refractivity contribution in [3.05, 3.63) is 24.2 Å². The van der Waals surface area contributed by atoms with Crippen LogP contribution in [0.25, 0.3) is 0 Å². The van der Waals surface area contributed by atoms with Crippen LogP contribution in [0.1, 0.15) is 25.5 Å². The van der Waals surface area contributed by atoms with Crippen LogP contribution in [0.15, 0.2) is 22.8 Å². The standard InChI is InChI=1S/C12H20N2O/c1-11-5-7-13-6-3-8-14(11)10-12-4-2-9-15-12/h2,4,9,11,13H,3,5-8,10H2,1H3. The second kappa shape index (κ2) is 5.33. The van der Waals surface area contributed by atoms with Gasteiger partial charge in [0.05, 0.1) is 12.8 Å². The predicted octanol–water partition coefficient (Wildman–Crippen LogP) is 1.85. The molecule has 0 spiro atoms. The minimum atomic E-state index is 0.642. The van der Waals surface area contributed by atoms with E-state index in [2.05, 4.69) is 23.2 Å². The van der Waals surface area contributed by atoms with Crippen LogP contribution in [0.2, 0.25) is 0 Å². The molecule has 2 heterocycles. The normalized spacial score (nSPS) is 24.7. The van der Waals surface area contributed by atoms with Crippen molar-refractivity contribution in [2.45, 2.75) is 32.4 Å². The highest BCUT2D eigenvalue weighted by Gasteiger charge is 2.16. The highest BCUT2D eigenvalue weighted by atomic mass is 16.3. The number of furan rings is 1. The smallest absolute Gasteiger partial charge is 0.117 e. The summed E-state index contributed by atoms with van der Waals surface area (Å²) in [6, 6.07) is 4.66. The van der Waals surface area contributed by atoms with Gasteiger partial charge in [0, 0.05) is 12.6 Å². The molecule has 1 atom stereocenters. The van der Waals surface area contributed by atoms with Crippen LogP contribution in [0.5, 0.6) is 0 Å². The van der Waals surface area contributed by atoms with Crippen molar-refractivity contribution in [2.24, 2.45) is 0 Å². The molecule has 0 aromatic carbocycles. The van der Waals surface area contributed by atoms with Crippen LogP contribution in [0, 0.1) is 0 Å². The zero-order valence-electron chi connectivity index (χ0n) is 9.41. The van der Waals surface area contributed by atoms with Gasteiger partial charge in [-0.25, -0.2) is 0 Å². The first-order chi connectivity index (χ1) is 7.36. The molecule has 0 saturated carbocycles. The van der Waals surface area contributed by atoms with E-state index in [0.717, 1.165) is 31.9 Å². The Labute approximate surface area is 91.4 Å². The van der Waals surface area contributed by atoms with Crippen molar-refractivity contribution in [3.63, 3.8) is 0 Å². The summed E-state index contributed by atoms with van der Waals surface area (Å²) in [5.41, 5.74) is 0. The van der Waals surface area contributed by atoms with Crippen molar-refractivity contribution in [1.29, 1.82) is 0 Å². The lowest BCUT2D eigenvalue weighted by Crippen LogP contribution is -2.39. The Hall–Kier alpha value is -0.800. The lowest BCUT2D eigenvalue weighted by atomic mass is 10.1. The monoisotopic (exact) mass is 208 g/mol. The van der Waals surface area contributed by atoms with Gasteiger partial charge in [0.1, 0.15) is 5.76 Å². The van der Waals surface area contributed by atoms with Gasteiger partial charge in [-0.1, -0.05) is 0 Å². The van der Waals surface area contributed by atoms with Gasteiger partial charge in [-0.3, -0.25) is 4.90 Å². The number of nitrogens with one attached hydrogen (secondary N) is 1. The summed E-state index contributed by atoms with van der Waals surface area (Å²) < 4.78 is 5.40. The number of hydrogen-bond acceptors (Lipinski definition) is 3. The van der Waals surface area contributed by atoms with Crippen molar-refractivity contribution in [3.8, 4) is 0 Å². The zero-order valence-corrected chi connectivity index (χ0v) is 9.41. The molecule has 0 bridgehead atoms. The van der Waals surface area contributed by atoms with E-state index in [-0.39, 0.29) is 0 Å². The van der Waals surface area contributed by atoms with Gasteiger partial charge in [-0.2, -0.15) is 0 Å². The summed E-state index contributed by atoms with van der Waals surface area (Å²) >= 11 is 0. The Morgan fingerprint density at radius 2 is 2.47 bits per heavy atom. The van der Waals surface area contributed by atoms with E-state index in [1.807, 2.05) is 6.07 Å². The minimum absolute atomic E-state index is 0.642. The SMILES string of the molecule is CC1CCNCCCN1Cc1ccco1. The molecule has 3 heteroatoms. The Balaban J connectivity index is 1.92. The second-order valence-corrected chi connectivity index (χ2v) is 4.29. The molecular weight excluding hydrogens is 188 g/mol. The average molecular weight is 208 g/mol. The summed E-state index contributed by atoms with van der Waals surface area (Å²) in [5.74, 6) is 1.08. The van der Waals surface area contributed by atoms with Crippen LogP contribution in [0.4, 0.5) is 0 Å². The molecule has 3 nitrogen and oxygen atoms in total. The maximum absolute atomic E-state index is 5.40. The van der Waals surface area contributed by atoms with E-state index in [9.17, 15) is 0 Å². The van der Waals surface area contributed by atoms with Gasteiger partial charge in [0.2, 0.25) is 0 Å². The van der Waals surface area contributed by atoms with E-state index in [1.165, 1.54) is 12.8 Å². The molecule has 1 aromatic rings. The summed E-state index contributed by atoms with van der Waals surface area (Å²) in [4.78, 5) is 2.51. The van der Waals surface area contributed by atoms with Gasteiger partial charge in [0.25, 0.3) is 0 Å². The summed E-state index contributed by atoms with van der Waals surface area (Å²) in [7, 11) is 0. The van der Waals surface area contributed by atoms with Crippen LogP contribution in [0.3, 0.4) is 0 Å². The maximum atomic E-state index is 5.40. The molecule has 0 amide bonds. The van der Waals surface area contributed by atoms with Crippen LogP contribution < -0.4 is 5.32 Å². The van der Waals surface area contributed by atoms with Gasteiger partial charge in [-0.15, -0.1) is 0 Å². The number of hydrogen-bond donors (Lipinski definition) is 1. The minimum Gasteiger partial charge on any atom is -0.468 e. The predicted molar refractivity (Wildman–Crippen MR) is 60.7 cm³/mol. The summed E-state index contributed by atoms with van der Waals surface area (Å²) in [5, 5.41) is 3.45. The van der Waals surface area contributed by atoms with Crippen LogP contribution >= 0.6 is 0 Å². The molecule has 1 saturated heterocycles. The average Bonchev–Trinajstić information content (AvgIpc) is 2.70. The highest BCUT2D eigenvalue weighted by Crippen LogP contribution is 2.12. The fraction of sp³-hybridized carbons (Fsp3) is 0.667. The molecule has 2 rings (SSSR count). The quantitative estimate of drug-likeness (QED) is 0.804. The molecule has 84 valence electrons. The Kier molecular flexibility index (Phi) is 3.80. The van der Waals surface area contributed by atoms with E-state index in [0.29, 0.717) is 6.04 Å². The van der Waals surface area contributed by atoms with Crippen molar-refractivity contribution in [1.82, 2.24) is 10.2 Å². The molecule has 1 aliphatic heterocycles. The van der Waals surface area contributed by atoms with Gasteiger partial charge >= 0.3 is 0 Å². The van der Waals surface area contributed by atoms with Gasteiger partial charge in [0.15, 0.2) is 0 Å². The molecule has 0 aliphatic carbocycles. The Morgan fingerprint density at radius 1 is 1.53 bits per heavy atom. The van der Waals surface area contributed by atoms with Crippen molar-refractivity contribution < 1.29 is 4.42 Å². The third kappa shape index (κ3) is 3.08.